The highest BCUT2D eigenvalue weighted by Crippen LogP contribution is 2.18. The molecular formula is C11H21NO5. The smallest absolute Gasteiger partial charge is 0.177 e. The number of carboxylic acid groups (broad SMARTS) is 1. The van der Waals surface area contributed by atoms with Gasteiger partial charge in [0.1, 0.15) is 6.54 Å². The molecule has 17 heavy (non-hydrogen) atoms. The van der Waals surface area contributed by atoms with Gasteiger partial charge in [-0.3, -0.25) is 4.79 Å². The summed E-state index contributed by atoms with van der Waals surface area (Å²) in [5.74, 6) is -2.16. The van der Waals surface area contributed by atoms with Crippen LogP contribution in [0.5, 0.6) is 0 Å². The number of ketones is 1. The molecule has 0 aliphatic rings. The van der Waals surface area contributed by atoms with E-state index in [2.05, 4.69) is 0 Å². The Morgan fingerprint density at radius 1 is 1.35 bits per heavy atom. The number of hydrogen-bond acceptors (Lipinski definition) is 5. The molecule has 0 fully saturated rings. The normalized spacial score (nSPS) is 17.3. The maximum Gasteiger partial charge on any atom is 0.177 e. The first-order valence-electron chi connectivity index (χ1n) is 5.40. The van der Waals surface area contributed by atoms with E-state index in [4.69, 9.17) is 5.11 Å². The number of likely N-dealkylation sites (N-methyl/N-ethyl adjacent to an activating group) is 1. The highest BCUT2D eigenvalue weighted by molar-refractivity contribution is 5.90. The number of hydrogen-bond donors (Lipinski definition) is 2. The van der Waals surface area contributed by atoms with Crippen LogP contribution >= 0.6 is 0 Å². The van der Waals surface area contributed by atoms with E-state index in [-0.39, 0.29) is 17.4 Å². The van der Waals surface area contributed by atoms with E-state index in [1.165, 1.54) is 6.92 Å². The molecule has 2 N–H and O–H groups in total. The lowest BCUT2D eigenvalue weighted by Crippen LogP contribution is -2.56. The second kappa shape index (κ2) is 5.57. The molecule has 0 radical (unpaired) electrons. The number of rotatable bonds is 7. The van der Waals surface area contributed by atoms with Crippen molar-refractivity contribution >= 4 is 11.8 Å². The minimum atomic E-state index is -1.99. The molecule has 0 rings (SSSR count). The topological polar surface area (TPSA) is 97.7 Å². The van der Waals surface area contributed by atoms with E-state index in [1.807, 2.05) is 0 Å². The Kier molecular flexibility index (Phi) is 5.25. The van der Waals surface area contributed by atoms with Crippen molar-refractivity contribution < 1.29 is 29.4 Å². The van der Waals surface area contributed by atoms with Crippen molar-refractivity contribution in [3.8, 4) is 0 Å². The Bertz CT molecular complexity index is 295. The largest absolute Gasteiger partial charge is 0.550 e. The number of aliphatic hydroxyl groups excluding tert-OH is 1. The minimum Gasteiger partial charge on any atom is -0.550 e. The van der Waals surface area contributed by atoms with Gasteiger partial charge in [-0.1, -0.05) is 0 Å². The average Bonchev–Trinajstić information content (AvgIpc) is 1.96. The zero-order valence-electron chi connectivity index (χ0n) is 10.8. The molecule has 0 bridgehead atoms. The van der Waals surface area contributed by atoms with Crippen LogP contribution in [0.4, 0.5) is 0 Å². The zero-order chi connectivity index (χ0) is 13.9. The van der Waals surface area contributed by atoms with Crippen molar-refractivity contribution in [2.24, 2.45) is 0 Å². The number of carbonyl (C=O) groups excluding carboxylic acids is 2. The highest BCUT2D eigenvalue weighted by atomic mass is 16.4. The van der Waals surface area contributed by atoms with Crippen LogP contribution in [0.15, 0.2) is 0 Å². The number of nitrogens with zero attached hydrogens (tertiary/aromatic N) is 1. The molecule has 6 heteroatoms. The van der Waals surface area contributed by atoms with Crippen LogP contribution in [-0.4, -0.2) is 65.8 Å². The molecule has 0 aliphatic carbocycles. The van der Waals surface area contributed by atoms with E-state index >= 15 is 0 Å². The molecule has 1 unspecified atom stereocenters. The zero-order valence-corrected chi connectivity index (χ0v) is 10.8. The molecule has 0 heterocycles. The first-order chi connectivity index (χ1) is 7.46. The fraction of sp³-hybridized carbons (Fsp3) is 0.818. The summed E-state index contributed by atoms with van der Waals surface area (Å²) >= 11 is 0. The minimum absolute atomic E-state index is 0.0491. The summed E-state index contributed by atoms with van der Waals surface area (Å²) in [7, 11) is 5.20. The van der Waals surface area contributed by atoms with E-state index in [0.717, 1.165) is 0 Å². The average molecular weight is 247 g/mol. The first-order valence-corrected chi connectivity index (χ1v) is 5.40. The lowest BCUT2D eigenvalue weighted by Gasteiger charge is -2.35. The standard InChI is InChI=1S/C11H21NO5/c1-8(13)5-9(14)11(17,6-10(15)16)7-12(2,3)4/h8,13,17H,5-7H2,1-4H3/t8?,11-/m0/s1. The van der Waals surface area contributed by atoms with Gasteiger partial charge in [-0.15, -0.1) is 0 Å². The number of carboxylic acids is 1. The monoisotopic (exact) mass is 247 g/mol. The summed E-state index contributed by atoms with van der Waals surface area (Å²) in [5.41, 5.74) is -1.99. The summed E-state index contributed by atoms with van der Waals surface area (Å²) in [5, 5.41) is 29.9. The van der Waals surface area contributed by atoms with Crippen LogP contribution in [0, 0.1) is 0 Å². The van der Waals surface area contributed by atoms with Crippen molar-refractivity contribution in [3.63, 3.8) is 0 Å². The van der Waals surface area contributed by atoms with E-state index < -0.39 is 29.9 Å². The lowest BCUT2D eigenvalue weighted by atomic mass is 9.90. The van der Waals surface area contributed by atoms with E-state index in [0.29, 0.717) is 0 Å². The van der Waals surface area contributed by atoms with Crippen molar-refractivity contribution in [3.05, 3.63) is 0 Å². The Morgan fingerprint density at radius 3 is 2.12 bits per heavy atom. The Morgan fingerprint density at radius 2 is 1.82 bits per heavy atom. The molecule has 0 spiro atoms. The predicted octanol–water partition coefficient (Wildman–Crippen LogP) is -2.10. The fourth-order valence-electron chi connectivity index (χ4n) is 1.72. The molecule has 2 atom stereocenters. The van der Waals surface area contributed by atoms with Crippen LogP contribution in [0.3, 0.4) is 0 Å². The number of aliphatic hydroxyl groups is 2. The number of carbonyl (C=O) groups is 2. The molecule has 0 aliphatic heterocycles. The van der Waals surface area contributed by atoms with Gasteiger partial charge < -0.3 is 24.6 Å². The van der Waals surface area contributed by atoms with Crippen LogP contribution in [0.1, 0.15) is 19.8 Å². The van der Waals surface area contributed by atoms with Gasteiger partial charge in [-0.05, 0) is 6.92 Å². The lowest BCUT2D eigenvalue weighted by molar-refractivity contribution is -0.875. The number of quaternary nitrogens is 1. The summed E-state index contributed by atoms with van der Waals surface area (Å²) in [6, 6.07) is 0. The summed E-state index contributed by atoms with van der Waals surface area (Å²) in [4.78, 5) is 22.4. The molecule has 0 aromatic heterocycles. The van der Waals surface area contributed by atoms with Crippen LogP contribution in [-0.2, 0) is 9.59 Å². The second-order valence-corrected chi connectivity index (χ2v) is 5.51. The van der Waals surface area contributed by atoms with Crippen molar-refractivity contribution in [1.82, 2.24) is 0 Å². The molecule has 0 aromatic carbocycles. The highest BCUT2D eigenvalue weighted by Gasteiger charge is 2.41. The van der Waals surface area contributed by atoms with Gasteiger partial charge in [0.2, 0.25) is 0 Å². The van der Waals surface area contributed by atoms with Crippen LogP contribution in [0.25, 0.3) is 0 Å². The molecule has 0 saturated carbocycles. The quantitative estimate of drug-likeness (QED) is 0.502. The van der Waals surface area contributed by atoms with Crippen molar-refractivity contribution in [2.75, 3.05) is 27.7 Å². The molecular weight excluding hydrogens is 226 g/mol. The summed E-state index contributed by atoms with van der Waals surface area (Å²) in [6.45, 7) is 1.36. The maximum atomic E-state index is 11.8. The molecule has 6 nitrogen and oxygen atoms in total. The third-order valence-corrected chi connectivity index (χ3v) is 2.17. The Balaban J connectivity index is 4.96. The van der Waals surface area contributed by atoms with Gasteiger partial charge in [0.05, 0.1) is 27.2 Å². The third kappa shape index (κ3) is 6.35. The predicted molar refractivity (Wildman–Crippen MR) is 58.8 cm³/mol. The molecule has 0 saturated heterocycles. The number of Topliss-reactive ketones (excluding diaryl/α,β-unsaturated/α-hetero) is 1. The van der Waals surface area contributed by atoms with Gasteiger partial charge in [0, 0.05) is 18.8 Å². The van der Waals surface area contributed by atoms with Gasteiger partial charge in [-0.2, -0.15) is 0 Å². The van der Waals surface area contributed by atoms with Crippen LogP contribution in [0.2, 0.25) is 0 Å². The number of aliphatic carboxylic acids is 1. The Hall–Kier alpha value is -0.980. The molecule has 0 amide bonds. The molecule has 100 valence electrons. The van der Waals surface area contributed by atoms with Gasteiger partial charge in [0.15, 0.2) is 11.4 Å². The third-order valence-electron chi connectivity index (χ3n) is 2.17. The van der Waals surface area contributed by atoms with Crippen molar-refractivity contribution in [2.45, 2.75) is 31.5 Å². The Labute approximate surface area is 101 Å². The first kappa shape index (κ1) is 16.0. The fourth-order valence-corrected chi connectivity index (χ4v) is 1.72. The molecule has 0 aromatic rings. The van der Waals surface area contributed by atoms with Gasteiger partial charge in [-0.25, -0.2) is 0 Å². The van der Waals surface area contributed by atoms with Gasteiger partial charge in [0.25, 0.3) is 0 Å². The summed E-state index contributed by atoms with van der Waals surface area (Å²) < 4.78 is 0.231. The van der Waals surface area contributed by atoms with Gasteiger partial charge >= 0.3 is 0 Å². The van der Waals surface area contributed by atoms with E-state index in [9.17, 15) is 19.8 Å². The van der Waals surface area contributed by atoms with Crippen LogP contribution < -0.4 is 5.11 Å². The van der Waals surface area contributed by atoms with Crippen molar-refractivity contribution in [1.29, 1.82) is 0 Å². The SMILES string of the molecule is CC(O)CC(=O)[C@](O)(CC(=O)[O-])C[N+](C)(C)C. The summed E-state index contributed by atoms with van der Waals surface area (Å²) in [6.07, 6.45) is -1.94. The maximum absolute atomic E-state index is 11.8. The second-order valence-electron chi connectivity index (χ2n) is 5.51. The van der Waals surface area contributed by atoms with E-state index in [1.54, 1.807) is 21.1 Å².